The minimum absolute atomic E-state index is 0.643. The fraction of sp³-hybridized carbons (Fsp3) is 0.190. The lowest BCUT2D eigenvalue weighted by Gasteiger charge is -2.11. The third kappa shape index (κ3) is 3.22. The minimum Gasteiger partial charge on any atom is -0.497 e. The Morgan fingerprint density at radius 3 is 2.54 bits per heavy atom. The van der Waals surface area contributed by atoms with Gasteiger partial charge in [-0.1, -0.05) is 12.1 Å². The summed E-state index contributed by atoms with van der Waals surface area (Å²) in [6.07, 6.45) is 3.73. The molecular weight excluding hydrogens is 354 g/mol. The van der Waals surface area contributed by atoms with Gasteiger partial charge in [0.1, 0.15) is 11.5 Å². The highest BCUT2D eigenvalue weighted by molar-refractivity contribution is 5.66. The highest BCUT2D eigenvalue weighted by Crippen LogP contribution is 2.30. The molecule has 2 aromatic carbocycles. The monoisotopic (exact) mass is 375 g/mol. The predicted molar refractivity (Wildman–Crippen MR) is 107 cm³/mol. The topological polar surface area (TPSA) is 67.0 Å². The molecule has 142 valence electrons. The second-order valence-electron chi connectivity index (χ2n) is 6.42. The highest BCUT2D eigenvalue weighted by Gasteiger charge is 2.15. The lowest BCUT2D eigenvalue weighted by Crippen LogP contribution is -1.98. The molecule has 0 radical (unpaired) electrons. The van der Waals surface area contributed by atoms with Gasteiger partial charge >= 0.3 is 0 Å². The molecule has 7 heteroatoms. The Morgan fingerprint density at radius 2 is 1.82 bits per heavy atom. The molecule has 0 aliphatic rings. The number of imidazole rings is 1. The van der Waals surface area contributed by atoms with Crippen molar-refractivity contribution < 1.29 is 9.47 Å². The van der Waals surface area contributed by atoms with Crippen LogP contribution in [0.15, 0.2) is 55.0 Å². The highest BCUT2D eigenvalue weighted by atomic mass is 16.5. The Bertz CT molecular complexity index is 1130. The average molecular weight is 375 g/mol. The standard InChI is InChI=1S/C21H21N5O2/c1-14-12-26(13-22-14)18-9-8-16(11-19(18)28-4)21-23-20(24-25(21)2)15-6-5-7-17(10-15)27-3/h5-13H,1-4H3. The first-order valence-corrected chi connectivity index (χ1v) is 8.84. The maximum absolute atomic E-state index is 5.61. The molecule has 0 saturated heterocycles. The van der Waals surface area contributed by atoms with Crippen molar-refractivity contribution in [3.8, 4) is 40.0 Å². The zero-order valence-corrected chi connectivity index (χ0v) is 16.2. The van der Waals surface area contributed by atoms with Crippen molar-refractivity contribution >= 4 is 0 Å². The van der Waals surface area contributed by atoms with Crippen LogP contribution in [-0.4, -0.2) is 38.5 Å². The zero-order valence-electron chi connectivity index (χ0n) is 16.2. The van der Waals surface area contributed by atoms with Crippen molar-refractivity contribution in [1.29, 1.82) is 0 Å². The molecule has 7 nitrogen and oxygen atoms in total. The van der Waals surface area contributed by atoms with Crippen LogP contribution in [0.4, 0.5) is 0 Å². The van der Waals surface area contributed by atoms with E-state index in [-0.39, 0.29) is 0 Å². The molecule has 0 saturated carbocycles. The van der Waals surface area contributed by atoms with Crippen molar-refractivity contribution in [3.05, 3.63) is 60.7 Å². The van der Waals surface area contributed by atoms with Crippen LogP contribution in [0.1, 0.15) is 5.69 Å². The third-order valence-electron chi connectivity index (χ3n) is 4.52. The summed E-state index contributed by atoms with van der Waals surface area (Å²) in [6, 6.07) is 13.7. The van der Waals surface area contributed by atoms with E-state index in [1.54, 1.807) is 25.2 Å². The number of hydrogen-bond donors (Lipinski definition) is 0. The van der Waals surface area contributed by atoms with E-state index in [9.17, 15) is 0 Å². The van der Waals surface area contributed by atoms with E-state index in [0.717, 1.165) is 39.8 Å². The van der Waals surface area contributed by atoms with Crippen molar-refractivity contribution in [1.82, 2.24) is 24.3 Å². The lowest BCUT2D eigenvalue weighted by atomic mass is 10.1. The first-order valence-electron chi connectivity index (χ1n) is 8.84. The number of aryl methyl sites for hydroxylation is 2. The van der Waals surface area contributed by atoms with E-state index in [0.29, 0.717) is 5.82 Å². The van der Waals surface area contributed by atoms with Crippen LogP contribution in [0.5, 0.6) is 11.5 Å². The molecule has 0 atom stereocenters. The molecule has 4 aromatic rings. The van der Waals surface area contributed by atoms with Crippen molar-refractivity contribution in [2.75, 3.05) is 14.2 Å². The quantitative estimate of drug-likeness (QED) is 0.533. The maximum atomic E-state index is 5.61. The smallest absolute Gasteiger partial charge is 0.181 e. The zero-order chi connectivity index (χ0) is 19.7. The number of ether oxygens (including phenoxy) is 2. The maximum Gasteiger partial charge on any atom is 0.181 e. The third-order valence-corrected chi connectivity index (χ3v) is 4.52. The first-order chi connectivity index (χ1) is 13.6. The molecule has 0 aliphatic carbocycles. The molecule has 0 amide bonds. The van der Waals surface area contributed by atoms with Gasteiger partial charge in [0, 0.05) is 24.4 Å². The number of hydrogen-bond acceptors (Lipinski definition) is 5. The van der Waals surface area contributed by atoms with Crippen LogP contribution in [0.25, 0.3) is 28.5 Å². The molecule has 0 unspecified atom stereocenters. The fourth-order valence-electron chi connectivity index (χ4n) is 3.10. The fourth-order valence-corrected chi connectivity index (χ4v) is 3.10. The molecule has 28 heavy (non-hydrogen) atoms. The van der Waals surface area contributed by atoms with Crippen LogP contribution in [0.3, 0.4) is 0 Å². The van der Waals surface area contributed by atoms with Crippen molar-refractivity contribution in [2.24, 2.45) is 7.05 Å². The number of benzene rings is 2. The van der Waals surface area contributed by atoms with Gasteiger partial charge in [-0.05, 0) is 37.3 Å². The Hall–Kier alpha value is -3.61. The second-order valence-corrected chi connectivity index (χ2v) is 6.42. The van der Waals surface area contributed by atoms with Crippen molar-refractivity contribution in [2.45, 2.75) is 6.92 Å². The molecule has 0 N–H and O–H groups in total. The number of aromatic nitrogens is 5. The van der Waals surface area contributed by atoms with Gasteiger partial charge in [-0.3, -0.25) is 0 Å². The Morgan fingerprint density at radius 1 is 0.964 bits per heavy atom. The summed E-state index contributed by atoms with van der Waals surface area (Å²) in [6.45, 7) is 1.96. The van der Waals surface area contributed by atoms with Gasteiger partial charge in [0.25, 0.3) is 0 Å². The van der Waals surface area contributed by atoms with E-state index in [1.165, 1.54) is 0 Å². The average Bonchev–Trinajstić information content (AvgIpc) is 3.33. The summed E-state index contributed by atoms with van der Waals surface area (Å²) in [7, 11) is 5.18. The summed E-state index contributed by atoms with van der Waals surface area (Å²) in [4.78, 5) is 9.01. The van der Waals surface area contributed by atoms with Gasteiger partial charge in [0.05, 0.1) is 31.9 Å². The van der Waals surface area contributed by atoms with E-state index < -0.39 is 0 Å². The van der Waals surface area contributed by atoms with Crippen LogP contribution < -0.4 is 9.47 Å². The van der Waals surface area contributed by atoms with E-state index in [4.69, 9.17) is 14.5 Å². The van der Waals surface area contributed by atoms with E-state index >= 15 is 0 Å². The predicted octanol–water partition coefficient (Wildman–Crippen LogP) is 3.66. The van der Waals surface area contributed by atoms with Gasteiger partial charge in [-0.15, -0.1) is 0 Å². The number of rotatable bonds is 5. The lowest BCUT2D eigenvalue weighted by molar-refractivity contribution is 0.413. The first kappa shape index (κ1) is 17.8. The summed E-state index contributed by atoms with van der Waals surface area (Å²) in [5.74, 6) is 2.91. The van der Waals surface area contributed by atoms with Crippen molar-refractivity contribution in [3.63, 3.8) is 0 Å². The van der Waals surface area contributed by atoms with E-state index in [1.807, 2.05) is 67.2 Å². The van der Waals surface area contributed by atoms with Crippen LogP contribution >= 0.6 is 0 Å². The van der Waals surface area contributed by atoms with E-state index in [2.05, 4.69) is 10.1 Å². The van der Waals surface area contributed by atoms with Gasteiger partial charge in [0.15, 0.2) is 11.6 Å². The van der Waals surface area contributed by atoms with Gasteiger partial charge in [-0.25, -0.2) is 14.6 Å². The van der Waals surface area contributed by atoms with Gasteiger partial charge in [0.2, 0.25) is 0 Å². The molecule has 4 rings (SSSR count). The van der Waals surface area contributed by atoms with Crippen LogP contribution in [0, 0.1) is 6.92 Å². The largest absolute Gasteiger partial charge is 0.497 e. The number of methoxy groups -OCH3 is 2. The molecule has 0 bridgehead atoms. The molecule has 0 aliphatic heterocycles. The van der Waals surface area contributed by atoms with Gasteiger partial charge < -0.3 is 14.0 Å². The Kier molecular flexibility index (Phi) is 4.57. The molecule has 0 fully saturated rings. The van der Waals surface area contributed by atoms with Crippen LogP contribution in [0.2, 0.25) is 0 Å². The summed E-state index contributed by atoms with van der Waals surface area (Å²) in [5, 5.41) is 4.57. The summed E-state index contributed by atoms with van der Waals surface area (Å²) >= 11 is 0. The Balaban J connectivity index is 1.74. The summed E-state index contributed by atoms with van der Waals surface area (Å²) in [5.41, 5.74) is 3.68. The second kappa shape index (κ2) is 7.19. The molecule has 2 heterocycles. The normalized spacial score (nSPS) is 10.9. The Labute approximate surface area is 163 Å². The summed E-state index contributed by atoms with van der Waals surface area (Å²) < 4.78 is 14.6. The number of nitrogens with zero attached hydrogens (tertiary/aromatic N) is 5. The molecule has 0 spiro atoms. The minimum atomic E-state index is 0.643. The SMILES string of the molecule is COc1cccc(-c2nc(-c3ccc(-n4cnc(C)c4)c(OC)c3)n(C)n2)c1. The van der Waals surface area contributed by atoms with Gasteiger partial charge in [-0.2, -0.15) is 5.10 Å². The van der Waals surface area contributed by atoms with Crippen LogP contribution in [-0.2, 0) is 7.05 Å². The molecule has 2 aromatic heterocycles. The molecular formula is C21H21N5O2.